The summed E-state index contributed by atoms with van der Waals surface area (Å²) in [6.07, 6.45) is 2.56. The van der Waals surface area contributed by atoms with E-state index >= 15 is 0 Å². The molecule has 0 saturated heterocycles. The first kappa shape index (κ1) is 13.5. The Hall–Kier alpha value is -1.89. The number of aryl methyl sites for hydroxylation is 2. The summed E-state index contributed by atoms with van der Waals surface area (Å²) in [6, 6.07) is -0.00657. The molecule has 0 saturated carbocycles. The van der Waals surface area contributed by atoms with E-state index in [1.54, 1.807) is 36.2 Å². The molecule has 2 heterocycles. The minimum atomic E-state index is -0.970. The largest absolute Gasteiger partial charge is 0.477 e. The molecule has 0 fully saturated rings. The molecule has 6 nitrogen and oxygen atoms in total. The van der Waals surface area contributed by atoms with Crippen molar-refractivity contribution in [1.29, 1.82) is 0 Å². The van der Waals surface area contributed by atoms with Gasteiger partial charge in [-0.15, -0.1) is 11.3 Å². The van der Waals surface area contributed by atoms with Crippen molar-refractivity contribution in [2.45, 2.75) is 26.3 Å². The van der Waals surface area contributed by atoms with Crippen molar-refractivity contribution in [3.05, 3.63) is 27.8 Å². The number of rotatable bonds is 5. The number of nitrogens with one attached hydrogen (secondary N) is 1. The fourth-order valence-corrected chi connectivity index (χ4v) is 2.76. The molecule has 102 valence electrons. The van der Waals surface area contributed by atoms with E-state index in [4.69, 9.17) is 0 Å². The molecule has 0 aromatic carbocycles. The molecule has 2 rings (SSSR count). The predicted molar refractivity (Wildman–Crippen MR) is 73.7 cm³/mol. The smallest absolute Gasteiger partial charge is 0.341 e. The van der Waals surface area contributed by atoms with Crippen LogP contribution >= 0.6 is 11.3 Å². The van der Waals surface area contributed by atoms with Crippen molar-refractivity contribution in [3.8, 4) is 0 Å². The first-order valence-corrected chi connectivity index (χ1v) is 6.85. The molecule has 0 bridgehead atoms. The van der Waals surface area contributed by atoms with Crippen LogP contribution in [0.3, 0.4) is 0 Å². The van der Waals surface area contributed by atoms with Crippen LogP contribution in [0, 0.1) is 6.92 Å². The maximum absolute atomic E-state index is 11.3. The van der Waals surface area contributed by atoms with Gasteiger partial charge in [0.05, 0.1) is 11.7 Å². The number of carboxylic acids is 1. The van der Waals surface area contributed by atoms with E-state index in [0.29, 0.717) is 11.5 Å². The normalized spacial score (nSPS) is 12.4. The molecule has 1 atom stereocenters. The minimum absolute atomic E-state index is 0.00657. The second-order valence-corrected chi connectivity index (χ2v) is 5.14. The van der Waals surface area contributed by atoms with Crippen molar-refractivity contribution < 1.29 is 9.90 Å². The van der Waals surface area contributed by atoms with E-state index < -0.39 is 5.97 Å². The highest BCUT2D eigenvalue weighted by atomic mass is 32.1. The van der Waals surface area contributed by atoms with Gasteiger partial charge in [-0.25, -0.2) is 9.78 Å². The van der Waals surface area contributed by atoms with Crippen molar-refractivity contribution in [2.24, 2.45) is 7.05 Å². The topological polar surface area (TPSA) is 80.0 Å². The van der Waals surface area contributed by atoms with Crippen LogP contribution in [0.25, 0.3) is 0 Å². The van der Waals surface area contributed by atoms with Crippen molar-refractivity contribution >= 4 is 23.1 Å². The van der Waals surface area contributed by atoms with Gasteiger partial charge in [-0.3, -0.25) is 4.68 Å². The molecular weight excluding hydrogens is 264 g/mol. The Morgan fingerprint density at radius 3 is 2.89 bits per heavy atom. The van der Waals surface area contributed by atoms with Crippen LogP contribution in [-0.2, 0) is 7.05 Å². The summed E-state index contributed by atoms with van der Waals surface area (Å²) in [5, 5.41) is 19.5. The minimum Gasteiger partial charge on any atom is -0.477 e. The van der Waals surface area contributed by atoms with Crippen LogP contribution < -0.4 is 5.32 Å². The summed E-state index contributed by atoms with van der Waals surface area (Å²) in [7, 11) is 1.73. The van der Waals surface area contributed by atoms with Gasteiger partial charge in [0.2, 0.25) is 0 Å². The summed E-state index contributed by atoms with van der Waals surface area (Å²) in [5.74, 6) is -0.450. The molecule has 0 aliphatic carbocycles. The monoisotopic (exact) mass is 280 g/mol. The third-order valence-electron chi connectivity index (χ3n) is 2.90. The lowest BCUT2D eigenvalue weighted by Gasteiger charge is -2.16. The standard InChI is InChI=1S/C12H16N4O2S/c1-4-8(11-13-5-6-19-11)14-10-9(12(17)18)7(2)15-16(10)3/h5-6,8,14H,4H2,1-3H3,(H,17,18). The molecule has 19 heavy (non-hydrogen) atoms. The molecule has 0 radical (unpaired) electrons. The third-order valence-corrected chi connectivity index (χ3v) is 3.79. The Labute approximate surface area is 115 Å². The first-order valence-electron chi connectivity index (χ1n) is 5.97. The number of carbonyl (C=O) groups is 1. The lowest BCUT2D eigenvalue weighted by Crippen LogP contribution is -2.14. The molecule has 0 spiro atoms. The molecule has 2 aromatic rings. The highest BCUT2D eigenvalue weighted by Gasteiger charge is 2.22. The fraction of sp³-hybridized carbons (Fsp3) is 0.417. The summed E-state index contributed by atoms with van der Waals surface area (Å²) in [6.45, 7) is 3.72. The number of nitrogens with zero attached hydrogens (tertiary/aromatic N) is 3. The zero-order chi connectivity index (χ0) is 14.0. The summed E-state index contributed by atoms with van der Waals surface area (Å²) in [5.41, 5.74) is 0.726. The van der Waals surface area contributed by atoms with Gasteiger partial charge < -0.3 is 10.4 Å². The van der Waals surface area contributed by atoms with Gasteiger partial charge in [0.15, 0.2) is 0 Å². The van der Waals surface area contributed by atoms with Gasteiger partial charge in [0, 0.05) is 18.6 Å². The average Bonchev–Trinajstić information content (AvgIpc) is 2.94. The fourth-order valence-electron chi connectivity index (χ4n) is 1.99. The van der Waals surface area contributed by atoms with E-state index in [2.05, 4.69) is 15.4 Å². The van der Waals surface area contributed by atoms with Crippen LogP contribution in [0.1, 0.15) is 40.4 Å². The second-order valence-electron chi connectivity index (χ2n) is 4.21. The summed E-state index contributed by atoms with van der Waals surface area (Å²) in [4.78, 5) is 15.6. The number of aromatic carboxylic acids is 1. The van der Waals surface area contributed by atoms with Gasteiger partial charge in [0.25, 0.3) is 0 Å². The molecule has 2 aromatic heterocycles. The molecule has 0 amide bonds. The van der Waals surface area contributed by atoms with Crippen LogP contribution in [-0.4, -0.2) is 25.8 Å². The maximum Gasteiger partial charge on any atom is 0.341 e. The predicted octanol–water partition coefficient (Wildman–Crippen LogP) is 2.45. The third kappa shape index (κ3) is 2.60. The number of anilines is 1. The second kappa shape index (κ2) is 5.40. The van der Waals surface area contributed by atoms with Gasteiger partial charge >= 0.3 is 5.97 Å². The number of thiazole rings is 1. The molecule has 0 aliphatic heterocycles. The number of hydrogen-bond donors (Lipinski definition) is 2. The number of aromatic nitrogens is 3. The summed E-state index contributed by atoms with van der Waals surface area (Å²) >= 11 is 1.55. The SMILES string of the molecule is CCC(Nc1c(C(=O)O)c(C)nn1C)c1nccs1. The van der Waals surface area contributed by atoms with Crippen molar-refractivity contribution in [2.75, 3.05) is 5.32 Å². The van der Waals surface area contributed by atoms with Gasteiger partial charge in [-0.2, -0.15) is 5.10 Å². The molecule has 1 unspecified atom stereocenters. The lowest BCUT2D eigenvalue weighted by molar-refractivity contribution is 0.0697. The number of carboxylic acid groups (broad SMARTS) is 1. The van der Waals surface area contributed by atoms with Crippen molar-refractivity contribution in [3.63, 3.8) is 0 Å². The van der Waals surface area contributed by atoms with E-state index in [9.17, 15) is 9.90 Å². The van der Waals surface area contributed by atoms with Gasteiger partial charge in [-0.1, -0.05) is 6.92 Å². The summed E-state index contributed by atoms with van der Waals surface area (Å²) < 4.78 is 1.56. The zero-order valence-corrected chi connectivity index (χ0v) is 11.9. The van der Waals surface area contributed by atoms with Crippen LogP contribution in [0.2, 0.25) is 0 Å². The van der Waals surface area contributed by atoms with Gasteiger partial charge in [-0.05, 0) is 13.3 Å². The Bertz CT molecular complexity index is 577. The molecular formula is C12H16N4O2S. The highest BCUT2D eigenvalue weighted by molar-refractivity contribution is 7.09. The Kier molecular flexibility index (Phi) is 3.84. The van der Waals surface area contributed by atoms with Crippen LogP contribution in [0.15, 0.2) is 11.6 Å². The van der Waals surface area contributed by atoms with Crippen LogP contribution in [0.4, 0.5) is 5.82 Å². The Balaban J connectivity index is 2.35. The van der Waals surface area contributed by atoms with E-state index in [0.717, 1.165) is 11.4 Å². The van der Waals surface area contributed by atoms with E-state index in [-0.39, 0.29) is 11.6 Å². The zero-order valence-electron chi connectivity index (χ0n) is 11.0. The van der Waals surface area contributed by atoms with Crippen molar-refractivity contribution in [1.82, 2.24) is 14.8 Å². The first-order chi connectivity index (χ1) is 9.04. The highest BCUT2D eigenvalue weighted by Crippen LogP contribution is 2.27. The van der Waals surface area contributed by atoms with Gasteiger partial charge in [0.1, 0.15) is 16.4 Å². The molecule has 2 N–H and O–H groups in total. The quantitative estimate of drug-likeness (QED) is 0.879. The molecule has 7 heteroatoms. The van der Waals surface area contributed by atoms with Crippen LogP contribution in [0.5, 0.6) is 0 Å². The van der Waals surface area contributed by atoms with E-state index in [1.165, 1.54) is 0 Å². The number of hydrogen-bond acceptors (Lipinski definition) is 5. The van der Waals surface area contributed by atoms with E-state index in [1.807, 2.05) is 12.3 Å². The lowest BCUT2D eigenvalue weighted by atomic mass is 10.2. The molecule has 0 aliphatic rings. The Morgan fingerprint density at radius 2 is 2.37 bits per heavy atom. The Morgan fingerprint density at radius 1 is 1.63 bits per heavy atom. The average molecular weight is 280 g/mol. The maximum atomic E-state index is 11.3.